The topological polar surface area (TPSA) is 58.6 Å². The van der Waals surface area contributed by atoms with Crippen LogP contribution in [-0.2, 0) is 11.2 Å². The fourth-order valence-electron chi connectivity index (χ4n) is 2.22. The monoisotopic (exact) mass is 317 g/mol. The molecular weight excluding hydrogens is 300 g/mol. The van der Waals surface area contributed by atoms with Gasteiger partial charge in [-0.2, -0.15) is 8.78 Å². The van der Waals surface area contributed by atoms with E-state index in [1.807, 2.05) is 6.92 Å². The molecule has 1 unspecified atom stereocenters. The van der Waals surface area contributed by atoms with Gasteiger partial charge in [-0.25, -0.2) is 0 Å². The lowest BCUT2D eigenvalue weighted by Gasteiger charge is -2.24. The van der Waals surface area contributed by atoms with Crippen LogP contribution in [0.4, 0.5) is 8.78 Å². The van der Waals surface area contributed by atoms with E-state index in [4.69, 9.17) is 5.11 Å². The molecule has 0 bridgehead atoms. The Morgan fingerprint density at radius 3 is 2.71 bits per heavy atom. The predicted molar refractivity (Wildman–Crippen MR) is 76.8 cm³/mol. The third-order valence-corrected chi connectivity index (χ3v) is 4.84. The Kier molecular flexibility index (Phi) is 5.05. The van der Waals surface area contributed by atoms with Gasteiger partial charge in [-0.1, -0.05) is 12.1 Å². The minimum atomic E-state index is -2.82. The Morgan fingerprint density at radius 1 is 1.52 bits per heavy atom. The van der Waals surface area contributed by atoms with Crippen molar-refractivity contribution >= 4 is 17.7 Å². The second-order valence-electron chi connectivity index (χ2n) is 5.10. The number of aryl methyl sites for hydroxylation is 1. The number of carboxylic acid groups (broad SMARTS) is 1. The highest BCUT2D eigenvalue weighted by Gasteiger charge is 2.37. The molecule has 0 aromatic heterocycles. The summed E-state index contributed by atoms with van der Waals surface area (Å²) < 4.78 is 28.4. The molecule has 0 radical (unpaired) electrons. The molecule has 2 rings (SSSR count). The Labute approximate surface area is 125 Å². The van der Waals surface area contributed by atoms with E-state index >= 15 is 0 Å². The normalized spacial score (nSPS) is 25.2. The molecule has 21 heavy (non-hydrogen) atoms. The molecule has 116 valence electrons. The van der Waals surface area contributed by atoms with Crippen molar-refractivity contribution in [3.63, 3.8) is 0 Å². The summed E-state index contributed by atoms with van der Waals surface area (Å²) in [5.74, 6) is -0.147. The summed E-state index contributed by atoms with van der Waals surface area (Å²) in [7, 11) is 0. The van der Waals surface area contributed by atoms with Gasteiger partial charge in [0.15, 0.2) is 0 Å². The van der Waals surface area contributed by atoms with E-state index in [0.717, 1.165) is 18.4 Å². The Morgan fingerprint density at radius 2 is 2.19 bits per heavy atom. The molecule has 1 aliphatic rings. The van der Waals surface area contributed by atoms with Crippen LogP contribution in [0.3, 0.4) is 0 Å². The van der Waals surface area contributed by atoms with E-state index in [0.29, 0.717) is 5.75 Å². The number of carboxylic acids is 1. The van der Waals surface area contributed by atoms with E-state index in [-0.39, 0.29) is 10.6 Å². The van der Waals surface area contributed by atoms with Crippen LogP contribution in [0.25, 0.3) is 0 Å². The molecule has 1 aromatic rings. The molecule has 0 aliphatic carbocycles. The summed E-state index contributed by atoms with van der Waals surface area (Å²) >= 11 is 1.60. The maximum absolute atomic E-state index is 12.0. The lowest BCUT2D eigenvalue weighted by molar-refractivity contribution is -0.138. The maximum atomic E-state index is 12.0. The summed E-state index contributed by atoms with van der Waals surface area (Å²) in [4.78, 5) is 10.7. The first-order chi connectivity index (χ1) is 9.88. The summed E-state index contributed by atoms with van der Waals surface area (Å²) in [6.07, 6.45) is 1.49. The SMILES string of the molecule is CC1(CCc2ccc(OC(F)F)cc2)N[C@H](C(=O)O)CS1. The van der Waals surface area contributed by atoms with E-state index < -0.39 is 18.6 Å². The van der Waals surface area contributed by atoms with Gasteiger partial charge in [0.05, 0.1) is 4.87 Å². The quantitative estimate of drug-likeness (QED) is 0.845. The first kappa shape index (κ1) is 16.0. The number of halogens is 2. The van der Waals surface area contributed by atoms with Crippen LogP contribution in [0.15, 0.2) is 24.3 Å². The Bertz CT molecular complexity index is 497. The number of aliphatic carboxylic acids is 1. The minimum Gasteiger partial charge on any atom is -0.480 e. The second kappa shape index (κ2) is 6.62. The molecule has 2 N–H and O–H groups in total. The number of nitrogens with one attached hydrogen (secondary N) is 1. The number of hydrogen-bond acceptors (Lipinski definition) is 4. The fraction of sp³-hybridized carbons (Fsp3) is 0.500. The molecular formula is C14H17F2NO3S. The molecule has 1 fully saturated rings. The molecule has 4 nitrogen and oxygen atoms in total. The number of thioether (sulfide) groups is 1. The zero-order valence-electron chi connectivity index (χ0n) is 11.5. The van der Waals surface area contributed by atoms with Crippen molar-refractivity contribution in [2.75, 3.05) is 5.75 Å². The first-order valence-electron chi connectivity index (χ1n) is 6.56. The number of benzene rings is 1. The second-order valence-corrected chi connectivity index (χ2v) is 6.62. The van der Waals surface area contributed by atoms with Gasteiger partial charge in [-0.15, -0.1) is 11.8 Å². The van der Waals surface area contributed by atoms with E-state index in [1.165, 1.54) is 12.1 Å². The molecule has 1 saturated heterocycles. The number of hydrogen-bond donors (Lipinski definition) is 2. The highest BCUT2D eigenvalue weighted by Crippen LogP contribution is 2.34. The van der Waals surface area contributed by atoms with Crippen molar-refractivity contribution in [2.24, 2.45) is 0 Å². The lowest BCUT2D eigenvalue weighted by atomic mass is 10.1. The fourth-order valence-corrected chi connectivity index (χ4v) is 3.45. The number of rotatable bonds is 6. The van der Waals surface area contributed by atoms with E-state index in [9.17, 15) is 13.6 Å². The van der Waals surface area contributed by atoms with Gasteiger partial charge in [0.2, 0.25) is 0 Å². The van der Waals surface area contributed by atoms with E-state index in [2.05, 4.69) is 10.1 Å². The summed E-state index contributed by atoms with van der Waals surface area (Å²) in [6, 6.07) is 6.00. The molecule has 1 aromatic carbocycles. The first-order valence-corrected chi connectivity index (χ1v) is 7.55. The van der Waals surface area contributed by atoms with Crippen molar-refractivity contribution in [1.29, 1.82) is 0 Å². The highest BCUT2D eigenvalue weighted by molar-refractivity contribution is 8.00. The summed E-state index contributed by atoms with van der Waals surface area (Å²) in [5.41, 5.74) is 0.999. The average Bonchev–Trinajstić information content (AvgIpc) is 2.81. The zero-order valence-corrected chi connectivity index (χ0v) is 12.3. The molecule has 7 heteroatoms. The number of carbonyl (C=O) groups is 1. The van der Waals surface area contributed by atoms with Crippen LogP contribution < -0.4 is 10.1 Å². The van der Waals surface area contributed by atoms with Gasteiger partial charge >= 0.3 is 12.6 Å². The van der Waals surface area contributed by atoms with Crippen molar-refractivity contribution in [3.05, 3.63) is 29.8 Å². The van der Waals surface area contributed by atoms with Crippen LogP contribution in [0.5, 0.6) is 5.75 Å². The maximum Gasteiger partial charge on any atom is 0.387 e. The van der Waals surface area contributed by atoms with Crippen LogP contribution >= 0.6 is 11.8 Å². The molecule has 0 saturated carbocycles. The molecule has 0 spiro atoms. The lowest BCUT2D eigenvalue weighted by Crippen LogP contribution is -2.43. The van der Waals surface area contributed by atoms with E-state index in [1.54, 1.807) is 23.9 Å². The van der Waals surface area contributed by atoms with Crippen LogP contribution in [0, 0.1) is 0 Å². The third kappa shape index (κ3) is 4.57. The van der Waals surface area contributed by atoms with Crippen molar-refractivity contribution in [2.45, 2.75) is 37.3 Å². The third-order valence-electron chi connectivity index (χ3n) is 3.39. The van der Waals surface area contributed by atoms with Crippen molar-refractivity contribution in [1.82, 2.24) is 5.32 Å². The van der Waals surface area contributed by atoms with Crippen LogP contribution in [-0.4, -0.2) is 34.4 Å². The van der Waals surface area contributed by atoms with Gasteiger partial charge in [-0.3, -0.25) is 10.1 Å². The average molecular weight is 317 g/mol. The van der Waals surface area contributed by atoms with Gasteiger partial charge in [-0.05, 0) is 37.5 Å². The Hall–Kier alpha value is -1.34. The minimum absolute atomic E-state index is 0.138. The Balaban J connectivity index is 1.87. The van der Waals surface area contributed by atoms with Gasteiger partial charge in [0, 0.05) is 5.75 Å². The summed E-state index contributed by atoms with van der Waals surface area (Å²) in [5, 5.41) is 12.1. The summed E-state index contributed by atoms with van der Waals surface area (Å²) in [6.45, 7) is -0.837. The molecule has 2 atom stereocenters. The van der Waals surface area contributed by atoms with Crippen molar-refractivity contribution < 1.29 is 23.4 Å². The molecule has 1 heterocycles. The standard InChI is InChI=1S/C14H17F2NO3S/c1-14(17-11(8-21-14)12(18)19)7-6-9-2-4-10(5-3-9)20-13(15)16/h2-5,11,13,17H,6-8H2,1H3,(H,18,19)/t11-,14?/m0/s1. The van der Waals surface area contributed by atoms with Gasteiger partial charge < -0.3 is 9.84 Å². The zero-order chi connectivity index (χ0) is 15.5. The van der Waals surface area contributed by atoms with Crippen LogP contribution in [0.1, 0.15) is 18.9 Å². The van der Waals surface area contributed by atoms with Gasteiger partial charge in [0.1, 0.15) is 11.8 Å². The largest absolute Gasteiger partial charge is 0.480 e. The molecule has 1 aliphatic heterocycles. The predicted octanol–water partition coefficient (Wildman–Crippen LogP) is 2.73. The number of alkyl halides is 2. The smallest absolute Gasteiger partial charge is 0.387 e. The highest BCUT2D eigenvalue weighted by atomic mass is 32.2. The van der Waals surface area contributed by atoms with Crippen LogP contribution in [0.2, 0.25) is 0 Å². The van der Waals surface area contributed by atoms with Gasteiger partial charge in [0.25, 0.3) is 0 Å². The molecule has 0 amide bonds. The number of ether oxygens (including phenoxy) is 1. The van der Waals surface area contributed by atoms with Crippen molar-refractivity contribution in [3.8, 4) is 5.75 Å².